The second-order valence-corrected chi connectivity index (χ2v) is 6.38. The Morgan fingerprint density at radius 1 is 1.17 bits per heavy atom. The summed E-state index contributed by atoms with van der Waals surface area (Å²) in [6, 6.07) is 8.31. The lowest BCUT2D eigenvalue weighted by Crippen LogP contribution is -2.33. The molecular formula is C17H23N5O. The van der Waals surface area contributed by atoms with E-state index in [1.807, 2.05) is 43.3 Å². The van der Waals surface area contributed by atoms with E-state index in [4.69, 9.17) is 5.73 Å². The van der Waals surface area contributed by atoms with Crippen LogP contribution in [0.5, 0.6) is 0 Å². The van der Waals surface area contributed by atoms with Gasteiger partial charge in [0, 0.05) is 31.4 Å². The van der Waals surface area contributed by atoms with Gasteiger partial charge < -0.3 is 16.0 Å². The van der Waals surface area contributed by atoms with E-state index < -0.39 is 0 Å². The molecule has 0 radical (unpaired) electrons. The Labute approximate surface area is 136 Å². The molecule has 0 spiro atoms. The minimum atomic E-state index is -0.180. The number of nitrogens with one attached hydrogen (secondary N) is 1. The summed E-state index contributed by atoms with van der Waals surface area (Å²) in [7, 11) is 3.97. The van der Waals surface area contributed by atoms with Crippen LogP contribution in [0.3, 0.4) is 0 Å². The number of benzene rings is 1. The van der Waals surface area contributed by atoms with E-state index >= 15 is 0 Å². The normalized spacial score (nSPS) is 21.1. The van der Waals surface area contributed by atoms with Crippen LogP contribution in [-0.2, 0) is 4.79 Å². The second kappa shape index (κ2) is 6.40. The molecule has 6 nitrogen and oxygen atoms in total. The molecule has 1 heterocycles. The lowest BCUT2D eigenvalue weighted by atomic mass is 9.86. The van der Waals surface area contributed by atoms with E-state index in [2.05, 4.69) is 15.3 Å². The summed E-state index contributed by atoms with van der Waals surface area (Å²) in [6.07, 6.45) is 3.50. The van der Waals surface area contributed by atoms with E-state index in [0.717, 1.165) is 42.4 Å². The Balaban J connectivity index is 1.80. The molecule has 0 bridgehead atoms. The number of carbonyl (C=O) groups excluding carboxylic acids is 1. The zero-order valence-electron chi connectivity index (χ0n) is 13.6. The van der Waals surface area contributed by atoms with Crippen molar-refractivity contribution in [2.75, 3.05) is 24.3 Å². The number of hydrogen-bond donors (Lipinski definition) is 2. The molecule has 2 aromatic rings. The molecule has 3 N–H and O–H groups in total. The van der Waals surface area contributed by atoms with E-state index in [0.29, 0.717) is 12.0 Å². The number of aromatic nitrogens is 2. The molecule has 0 atom stereocenters. The van der Waals surface area contributed by atoms with Gasteiger partial charge in [-0.1, -0.05) is 12.1 Å². The van der Waals surface area contributed by atoms with Crippen LogP contribution in [0.2, 0.25) is 0 Å². The quantitative estimate of drug-likeness (QED) is 0.903. The van der Waals surface area contributed by atoms with Gasteiger partial charge >= 0.3 is 0 Å². The lowest BCUT2D eigenvalue weighted by Gasteiger charge is -2.27. The molecule has 0 unspecified atom stereocenters. The van der Waals surface area contributed by atoms with Crippen molar-refractivity contribution >= 4 is 28.6 Å². The molecule has 0 saturated heterocycles. The fourth-order valence-corrected chi connectivity index (χ4v) is 3.17. The monoisotopic (exact) mass is 313 g/mol. The van der Waals surface area contributed by atoms with E-state index in [9.17, 15) is 4.79 Å². The first-order chi connectivity index (χ1) is 11.0. The molecule has 0 aliphatic heterocycles. The SMILES string of the molecule is CN(C)c1nc(N[C@H]2CC[C@@H](C(N)=O)CC2)nc2ccccc12. The van der Waals surface area contributed by atoms with Crippen molar-refractivity contribution in [2.24, 2.45) is 11.7 Å². The van der Waals surface area contributed by atoms with Crippen LogP contribution in [0.1, 0.15) is 25.7 Å². The number of fused-ring (bicyclic) bond motifs is 1. The van der Waals surface area contributed by atoms with Crippen LogP contribution >= 0.6 is 0 Å². The molecule has 23 heavy (non-hydrogen) atoms. The number of amides is 1. The highest BCUT2D eigenvalue weighted by atomic mass is 16.1. The first kappa shape index (κ1) is 15.5. The zero-order chi connectivity index (χ0) is 16.4. The van der Waals surface area contributed by atoms with Gasteiger partial charge in [0.05, 0.1) is 5.52 Å². The average Bonchev–Trinajstić information content (AvgIpc) is 2.54. The van der Waals surface area contributed by atoms with Crippen LogP contribution in [0, 0.1) is 5.92 Å². The number of para-hydroxylation sites is 1. The third kappa shape index (κ3) is 3.36. The molecule has 6 heteroatoms. The van der Waals surface area contributed by atoms with Gasteiger partial charge in [0.25, 0.3) is 0 Å². The highest BCUT2D eigenvalue weighted by molar-refractivity contribution is 5.90. The van der Waals surface area contributed by atoms with Gasteiger partial charge in [-0.05, 0) is 37.8 Å². The summed E-state index contributed by atoms with van der Waals surface area (Å²) >= 11 is 0. The fourth-order valence-electron chi connectivity index (χ4n) is 3.17. The Bertz CT molecular complexity index is 707. The summed E-state index contributed by atoms with van der Waals surface area (Å²) in [6.45, 7) is 0. The number of anilines is 2. The van der Waals surface area contributed by atoms with E-state index in [-0.39, 0.29) is 11.8 Å². The van der Waals surface area contributed by atoms with Gasteiger partial charge in [0.2, 0.25) is 11.9 Å². The predicted molar refractivity (Wildman–Crippen MR) is 92.4 cm³/mol. The van der Waals surface area contributed by atoms with Gasteiger partial charge in [0.15, 0.2) is 0 Å². The third-order valence-corrected chi connectivity index (χ3v) is 4.47. The number of primary amides is 1. The molecule has 1 aliphatic carbocycles. The van der Waals surface area contributed by atoms with Crippen molar-refractivity contribution in [1.82, 2.24) is 9.97 Å². The molecular weight excluding hydrogens is 290 g/mol. The molecule has 1 aliphatic rings. The average molecular weight is 313 g/mol. The number of nitrogens with zero attached hydrogens (tertiary/aromatic N) is 3. The van der Waals surface area contributed by atoms with Crippen molar-refractivity contribution < 1.29 is 4.79 Å². The van der Waals surface area contributed by atoms with Crippen LogP contribution in [0.4, 0.5) is 11.8 Å². The smallest absolute Gasteiger partial charge is 0.225 e. The Morgan fingerprint density at radius 3 is 2.52 bits per heavy atom. The van der Waals surface area contributed by atoms with Crippen LogP contribution in [-0.4, -0.2) is 36.0 Å². The largest absolute Gasteiger partial charge is 0.369 e. The first-order valence-corrected chi connectivity index (χ1v) is 8.04. The van der Waals surface area contributed by atoms with Crippen molar-refractivity contribution in [3.63, 3.8) is 0 Å². The van der Waals surface area contributed by atoms with Crippen LogP contribution < -0.4 is 16.0 Å². The Morgan fingerprint density at radius 2 is 1.87 bits per heavy atom. The van der Waals surface area contributed by atoms with E-state index in [1.54, 1.807) is 0 Å². The van der Waals surface area contributed by atoms with Gasteiger partial charge in [-0.25, -0.2) is 4.98 Å². The van der Waals surface area contributed by atoms with Crippen LogP contribution in [0.15, 0.2) is 24.3 Å². The topological polar surface area (TPSA) is 84.1 Å². The number of nitrogens with two attached hydrogens (primary N) is 1. The van der Waals surface area contributed by atoms with Crippen molar-refractivity contribution in [3.8, 4) is 0 Å². The number of carbonyl (C=O) groups is 1. The zero-order valence-corrected chi connectivity index (χ0v) is 13.6. The summed E-state index contributed by atoms with van der Waals surface area (Å²) in [5, 5.41) is 4.47. The summed E-state index contributed by atoms with van der Waals surface area (Å²) in [4.78, 5) is 22.5. The maximum Gasteiger partial charge on any atom is 0.225 e. The van der Waals surface area contributed by atoms with Crippen LogP contribution in [0.25, 0.3) is 10.9 Å². The standard InChI is InChI=1S/C17H23N5O/c1-22(2)16-13-5-3-4-6-14(13)20-17(21-16)19-12-9-7-11(8-10-12)15(18)23/h3-6,11-12H,7-10H2,1-2H3,(H2,18,23)(H,19,20,21)/t11-,12+. The second-order valence-electron chi connectivity index (χ2n) is 6.38. The minimum Gasteiger partial charge on any atom is -0.369 e. The predicted octanol–water partition coefficient (Wildman–Crippen LogP) is 2.15. The maximum absolute atomic E-state index is 11.3. The third-order valence-electron chi connectivity index (χ3n) is 4.47. The molecule has 1 fully saturated rings. The molecule has 122 valence electrons. The first-order valence-electron chi connectivity index (χ1n) is 8.04. The van der Waals surface area contributed by atoms with E-state index in [1.165, 1.54) is 0 Å². The van der Waals surface area contributed by atoms with Gasteiger partial charge in [-0.3, -0.25) is 4.79 Å². The van der Waals surface area contributed by atoms with Gasteiger partial charge in [-0.2, -0.15) is 4.98 Å². The van der Waals surface area contributed by atoms with Crippen molar-refractivity contribution in [1.29, 1.82) is 0 Å². The number of hydrogen-bond acceptors (Lipinski definition) is 5. The van der Waals surface area contributed by atoms with Gasteiger partial charge in [-0.15, -0.1) is 0 Å². The Hall–Kier alpha value is -2.37. The Kier molecular flexibility index (Phi) is 4.32. The van der Waals surface area contributed by atoms with Gasteiger partial charge in [0.1, 0.15) is 5.82 Å². The molecule has 1 saturated carbocycles. The fraction of sp³-hybridized carbons (Fsp3) is 0.471. The minimum absolute atomic E-state index is 0.0166. The van der Waals surface area contributed by atoms with Crippen molar-refractivity contribution in [3.05, 3.63) is 24.3 Å². The number of rotatable bonds is 4. The lowest BCUT2D eigenvalue weighted by molar-refractivity contribution is -0.122. The molecule has 1 aromatic carbocycles. The highest BCUT2D eigenvalue weighted by Gasteiger charge is 2.25. The summed E-state index contributed by atoms with van der Waals surface area (Å²) in [5.74, 6) is 1.39. The highest BCUT2D eigenvalue weighted by Crippen LogP contribution is 2.28. The summed E-state index contributed by atoms with van der Waals surface area (Å²) in [5.41, 5.74) is 6.32. The molecule has 3 rings (SSSR count). The molecule has 1 aromatic heterocycles. The summed E-state index contributed by atoms with van der Waals surface area (Å²) < 4.78 is 0. The maximum atomic E-state index is 11.3. The van der Waals surface area contributed by atoms with Crippen molar-refractivity contribution in [2.45, 2.75) is 31.7 Å². The molecule has 1 amide bonds.